The molecule has 1 saturated carbocycles. The summed E-state index contributed by atoms with van der Waals surface area (Å²) < 4.78 is 12.2. The first-order valence-electron chi connectivity index (χ1n) is 7.11. The van der Waals surface area contributed by atoms with Crippen molar-refractivity contribution in [3.8, 4) is 0 Å². The van der Waals surface area contributed by atoms with E-state index in [0.29, 0.717) is 6.04 Å². The molecule has 2 atom stereocenters. The van der Waals surface area contributed by atoms with Crippen LogP contribution < -0.4 is 5.32 Å². The molecule has 0 amide bonds. The smallest absolute Gasteiger partial charge is 0.0533 e. The molecule has 1 fully saturated rings. The highest BCUT2D eigenvalue weighted by atomic mass is 32.2. The third-order valence-corrected chi connectivity index (χ3v) is 5.90. The van der Waals surface area contributed by atoms with Crippen molar-refractivity contribution in [3.63, 3.8) is 0 Å². The second-order valence-electron chi connectivity index (χ2n) is 5.84. The highest BCUT2D eigenvalue weighted by Gasteiger charge is 2.31. The second kappa shape index (κ2) is 4.17. The molecule has 0 bridgehead atoms. The Hall–Kier alpha value is -0.670. The van der Waals surface area contributed by atoms with E-state index in [-0.39, 0.29) is 0 Å². The Bertz CT molecular complexity index is 521. The zero-order valence-corrected chi connectivity index (χ0v) is 11.4. The third-order valence-electron chi connectivity index (χ3n) is 4.45. The van der Waals surface area contributed by atoms with E-state index in [2.05, 4.69) is 17.4 Å². The van der Waals surface area contributed by atoms with E-state index in [0.717, 1.165) is 23.1 Å². The SMILES string of the molecule is O=S1CCC(NC2CC2)c2cc3c(cc21)CCC3. The average Bonchev–Trinajstić information content (AvgIpc) is 3.07. The Balaban J connectivity index is 1.76. The minimum atomic E-state index is -0.763. The number of fused-ring (bicyclic) bond motifs is 2. The molecule has 0 spiro atoms. The number of rotatable bonds is 2. The first-order valence-corrected chi connectivity index (χ1v) is 8.43. The van der Waals surface area contributed by atoms with Gasteiger partial charge in [0.1, 0.15) is 0 Å². The van der Waals surface area contributed by atoms with Crippen molar-refractivity contribution in [1.29, 1.82) is 0 Å². The van der Waals surface area contributed by atoms with Gasteiger partial charge in [-0.3, -0.25) is 4.21 Å². The van der Waals surface area contributed by atoms with Gasteiger partial charge in [-0.2, -0.15) is 0 Å². The highest BCUT2D eigenvalue weighted by Crippen LogP contribution is 2.37. The molecule has 1 aliphatic heterocycles. The Kier molecular flexibility index (Phi) is 2.59. The summed E-state index contributed by atoms with van der Waals surface area (Å²) in [6.07, 6.45) is 7.34. The van der Waals surface area contributed by atoms with Crippen LogP contribution in [-0.2, 0) is 23.6 Å². The molecule has 1 aromatic carbocycles. The summed E-state index contributed by atoms with van der Waals surface area (Å²) in [4.78, 5) is 1.13. The lowest BCUT2D eigenvalue weighted by Gasteiger charge is -2.27. The summed E-state index contributed by atoms with van der Waals surface area (Å²) in [5, 5.41) is 3.73. The lowest BCUT2D eigenvalue weighted by molar-refractivity contribution is 0.501. The molecule has 1 N–H and O–H groups in total. The number of hydrogen-bond acceptors (Lipinski definition) is 2. The molecule has 18 heavy (non-hydrogen) atoms. The fourth-order valence-corrected chi connectivity index (χ4v) is 4.70. The average molecular weight is 261 g/mol. The van der Waals surface area contributed by atoms with Crippen molar-refractivity contribution >= 4 is 10.8 Å². The van der Waals surface area contributed by atoms with Crippen molar-refractivity contribution in [3.05, 3.63) is 28.8 Å². The minimum absolute atomic E-state index is 0.455. The summed E-state index contributed by atoms with van der Waals surface area (Å²) >= 11 is 0. The summed E-state index contributed by atoms with van der Waals surface area (Å²) in [5.74, 6) is 0.830. The molecule has 0 saturated heterocycles. The van der Waals surface area contributed by atoms with Crippen molar-refractivity contribution in [1.82, 2.24) is 5.32 Å². The molecule has 3 heteroatoms. The molecule has 2 nitrogen and oxygen atoms in total. The first-order chi connectivity index (χ1) is 8.81. The molecule has 4 rings (SSSR count). The van der Waals surface area contributed by atoms with Crippen LogP contribution in [0, 0.1) is 0 Å². The van der Waals surface area contributed by atoms with Crippen LogP contribution in [0.25, 0.3) is 0 Å². The molecular formula is C15H19NOS. The van der Waals surface area contributed by atoms with Gasteiger partial charge in [0.25, 0.3) is 0 Å². The standard InChI is InChI=1S/C15H19NOS/c17-18-7-6-14(16-12-4-5-12)13-8-10-2-1-3-11(10)9-15(13)18/h8-9,12,14,16H,1-7H2. The summed E-state index contributed by atoms with van der Waals surface area (Å²) in [6.45, 7) is 0. The van der Waals surface area contributed by atoms with Crippen molar-refractivity contribution in [2.75, 3.05) is 5.75 Å². The van der Waals surface area contributed by atoms with Gasteiger partial charge in [-0.25, -0.2) is 0 Å². The van der Waals surface area contributed by atoms with Crippen LogP contribution in [0.3, 0.4) is 0 Å². The van der Waals surface area contributed by atoms with Crippen LogP contribution in [0.15, 0.2) is 17.0 Å². The molecule has 1 heterocycles. The topological polar surface area (TPSA) is 29.1 Å². The van der Waals surface area contributed by atoms with Gasteiger partial charge in [-0.1, -0.05) is 6.07 Å². The maximum absolute atomic E-state index is 12.2. The normalized spacial score (nSPS) is 30.0. The van der Waals surface area contributed by atoms with Gasteiger partial charge < -0.3 is 5.32 Å². The monoisotopic (exact) mass is 261 g/mol. The minimum Gasteiger partial charge on any atom is -0.307 e. The number of aryl methyl sites for hydroxylation is 2. The van der Waals surface area contributed by atoms with Crippen LogP contribution >= 0.6 is 0 Å². The summed E-state index contributed by atoms with van der Waals surface area (Å²) in [6, 6.07) is 5.78. The van der Waals surface area contributed by atoms with Gasteiger partial charge in [0.15, 0.2) is 0 Å². The van der Waals surface area contributed by atoms with Crippen molar-refractivity contribution in [2.24, 2.45) is 0 Å². The Labute approximate surface area is 111 Å². The molecule has 96 valence electrons. The lowest BCUT2D eigenvalue weighted by atomic mass is 9.98. The van der Waals surface area contributed by atoms with Crippen LogP contribution in [0.5, 0.6) is 0 Å². The quantitative estimate of drug-likeness (QED) is 0.886. The van der Waals surface area contributed by atoms with Gasteiger partial charge >= 0.3 is 0 Å². The fourth-order valence-electron chi connectivity index (χ4n) is 3.29. The predicted molar refractivity (Wildman–Crippen MR) is 73.3 cm³/mol. The Morgan fingerprint density at radius 3 is 2.67 bits per heavy atom. The van der Waals surface area contributed by atoms with E-state index in [1.165, 1.54) is 48.8 Å². The Morgan fingerprint density at radius 1 is 1.11 bits per heavy atom. The molecule has 0 aromatic heterocycles. The van der Waals surface area contributed by atoms with Crippen molar-refractivity contribution in [2.45, 2.75) is 55.5 Å². The molecular weight excluding hydrogens is 242 g/mol. The number of benzene rings is 1. The van der Waals surface area contributed by atoms with Gasteiger partial charge in [-0.05, 0) is 61.3 Å². The van der Waals surface area contributed by atoms with Crippen LogP contribution in [0.1, 0.15) is 48.4 Å². The number of nitrogens with one attached hydrogen (secondary N) is 1. The van der Waals surface area contributed by atoms with Gasteiger partial charge in [0.05, 0.1) is 10.8 Å². The largest absolute Gasteiger partial charge is 0.307 e. The fraction of sp³-hybridized carbons (Fsp3) is 0.600. The third kappa shape index (κ3) is 1.84. The zero-order chi connectivity index (χ0) is 12.1. The van der Waals surface area contributed by atoms with E-state index in [1.54, 1.807) is 0 Å². The van der Waals surface area contributed by atoms with E-state index in [9.17, 15) is 4.21 Å². The number of hydrogen-bond donors (Lipinski definition) is 1. The molecule has 0 radical (unpaired) electrons. The second-order valence-corrected chi connectivity index (χ2v) is 7.38. The maximum atomic E-state index is 12.2. The molecule has 3 aliphatic rings. The van der Waals surface area contributed by atoms with Crippen LogP contribution in [0.2, 0.25) is 0 Å². The predicted octanol–water partition coefficient (Wildman–Crippen LogP) is 2.48. The summed E-state index contributed by atoms with van der Waals surface area (Å²) in [7, 11) is -0.763. The zero-order valence-electron chi connectivity index (χ0n) is 10.6. The van der Waals surface area contributed by atoms with Crippen LogP contribution in [-0.4, -0.2) is 16.0 Å². The molecule has 2 aliphatic carbocycles. The maximum Gasteiger partial charge on any atom is 0.0533 e. The van der Waals surface area contributed by atoms with Crippen LogP contribution in [0.4, 0.5) is 0 Å². The van der Waals surface area contributed by atoms with Crippen molar-refractivity contribution < 1.29 is 4.21 Å². The molecule has 1 aromatic rings. The van der Waals surface area contributed by atoms with E-state index in [4.69, 9.17) is 0 Å². The van der Waals surface area contributed by atoms with Gasteiger partial charge in [0, 0.05) is 22.7 Å². The molecule has 2 unspecified atom stereocenters. The van der Waals surface area contributed by atoms with E-state index >= 15 is 0 Å². The summed E-state index contributed by atoms with van der Waals surface area (Å²) in [5.41, 5.74) is 4.30. The Morgan fingerprint density at radius 2 is 1.89 bits per heavy atom. The van der Waals surface area contributed by atoms with Gasteiger partial charge in [-0.15, -0.1) is 0 Å². The van der Waals surface area contributed by atoms with Gasteiger partial charge in [0.2, 0.25) is 0 Å². The van der Waals surface area contributed by atoms with E-state index in [1.807, 2.05) is 0 Å². The first kappa shape index (κ1) is 11.2. The van der Waals surface area contributed by atoms with E-state index < -0.39 is 10.8 Å². The lowest BCUT2D eigenvalue weighted by Crippen LogP contribution is -2.29. The highest BCUT2D eigenvalue weighted by molar-refractivity contribution is 7.85.